The molecule has 28 heavy (non-hydrogen) atoms. The highest BCUT2D eigenvalue weighted by Gasteiger charge is 2.13. The van der Waals surface area contributed by atoms with Crippen molar-refractivity contribution in [1.29, 1.82) is 0 Å². The standard InChI is InChI=1S/C22H21N3O3/c1-15-8-3-5-10-17(15)25-22(27)19-12-7-11-18(24-19)21(26)23-14-16-9-4-6-13-20(16)28-2/h3-13H,14H2,1-2H3,(H,23,26)(H,25,27). The van der Waals surface area contributed by atoms with E-state index in [0.717, 1.165) is 11.1 Å². The maximum absolute atomic E-state index is 12.5. The van der Waals surface area contributed by atoms with Crippen LogP contribution in [0.25, 0.3) is 0 Å². The Labute approximate surface area is 163 Å². The number of pyridine rings is 1. The molecule has 0 atom stereocenters. The van der Waals surface area contributed by atoms with Crippen LogP contribution in [0.4, 0.5) is 5.69 Å². The zero-order valence-corrected chi connectivity index (χ0v) is 15.7. The minimum Gasteiger partial charge on any atom is -0.496 e. The zero-order chi connectivity index (χ0) is 19.9. The van der Waals surface area contributed by atoms with Gasteiger partial charge in [-0.05, 0) is 36.8 Å². The summed E-state index contributed by atoms with van der Waals surface area (Å²) in [6.45, 7) is 2.20. The van der Waals surface area contributed by atoms with Crippen LogP contribution in [-0.4, -0.2) is 23.9 Å². The van der Waals surface area contributed by atoms with Gasteiger partial charge in [-0.2, -0.15) is 0 Å². The molecule has 0 radical (unpaired) electrons. The molecule has 0 saturated heterocycles. The third-order valence-corrected chi connectivity index (χ3v) is 4.24. The van der Waals surface area contributed by atoms with E-state index in [1.165, 1.54) is 0 Å². The molecule has 3 rings (SSSR count). The molecule has 2 N–H and O–H groups in total. The number of aryl methyl sites for hydroxylation is 1. The number of anilines is 1. The molecular formula is C22H21N3O3. The second-order valence-corrected chi connectivity index (χ2v) is 6.17. The van der Waals surface area contributed by atoms with E-state index < -0.39 is 0 Å². The number of benzene rings is 2. The van der Waals surface area contributed by atoms with Crippen LogP contribution < -0.4 is 15.4 Å². The number of nitrogens with one attached hydrogen (secondary N) is 2. The first-order valence-electron chi connectivity index (χ1n) is 8.82. The molecule has 2 amide bonds. The van der Waals surface area contributed by atoms with Crippen LogP contribution in [0.3, 0.4) is 0 Å². The molecule has 0 bridgehead atoms. The highest BCUT2D eigenvalue weighted by molar-refractivity contribution is 6.04. The van der Waals surface area contributed by atoms with Crippen molar-refractivity contribution in [3.63, 3.8) is 0 Å². The van der Waals surface area contributed by atoms with E-state index in [1.54, 1.807) is 25.3 Å². The van der Waals surface area contributed by atoms with Gasteiger partial charge in [-0.15, -0.1) is 0 Å². The van der Waals surface area contributed by atoms with Crippen LogP contribution in [0, 0.1) is 6.92 Å². The fourth-order valence-electron chi connectivity index (χ4n) is 2.70. The fourth-order valence-corrected chi connectivity index (χ4v) is 2.70. The van der Waals surface area contributed by atoms with Gasteiger partial charge in [-0.1, -0.05) is 42.5 Å². The van der Waals surface area contributed by atoms with Gasteiger partial charge in [0.05, 0.1) is 7.11 Å². The third kappa shape index (κ3) is 4.54. The number of rotatable bonds is 6. The normalized spacial score (nSPS) is 10.2. The quantitative estimate of drug-likeness (QED) is 0.690. The molecule has 0 unspecified atom stereocenters. The molecule has 0 aliphatic carbocycles. The lowest BCUT2D eigenvalue weighted by atomic mass is 10.2. The highest BCUT2D eigenvalue weighted by Crippen LogP contribution is 2.17. The van der Waals surface area contributed by atoms with Crippen LogP contribution in [0.5, 0.6) is 5.75 Å². The van der Waals surface area contributed by atoms with E-state index >= 15 is 0 Å². The van der Waals surface area contributed by atoms with Gasteiger partial charge >= 0.3 is 0 Å². The third-order valence-electron chi connectivity index (χ3n) is 4.24. The summed E-state index contributed by atoms with van der Waals surface area (Å²) in [6.07, 6.45) is 0. The average molecular weight is 375 g/mol. The molecule has 3 aromatic rings. The predicted octanol–water partition coefficient (Wildman–Crippen LogP) is 3.58. The SMILES string of the molecule is COc1ccccc1CNC(=O)c1cccc(C(=O)Nc2ccccc2C)n1. The van der Waals surface area contributed by atoms with Crippen LogP contribution in [0.2, 0.25) is 0 Å². The smallest absolute Gasteiger partial charge is 0.274 e. The number of hydrogen-bond acceptors (Lipinski definition) is 4. The lowest BCUT2D eigenvalue weighted by molar-refractivity contribution is 0.0945. The number of methoxy groups -OCH3 is 1. The maximum atomic E-state index is 12.5. The van der Waals surface area contributed by atoms with E-state index in [4.69, 9.17) is 4.74 Å². The highest BCUT2D eigenvalue weighted by atomic mass is 16.5. The van der Waals surface area contributed by atoms with Gasteiger partial charge in [-0.3, -0.25) is 9.59 Å². The first-order chi connectivity index (χ1) is 13.6. The van der Waals surface area contributed by atoms with Crippen LogP contribution in [0.15, 0.2) is 66.7 Å². The molecule has 142 valence electrons. The Hall–Kier alpha value is -3.67. The van der Waals surface area contributed by atoms with Crippen molar-refractivity contribution in [3.05, 3.63) is 89.2 Å². The van der Waals surface area contributed by atoms with Crippen molar-refractivity contribution in [2.75, 3.05) is 12.4 Å². The van der Waals surface area contributed by atoms with Gasteiger partial charge in [-0.25, -0.2) is 4.98 Å². The van der Waals surface area contributed by atoms with Crippen molar-refractivity contribution < 1.29 is 14.3 Å². The van der Waals surface area contributed by atoms with E-state index in [1.807, 2.05) is 55.5 Å². The number of hydrogen-bond donors (Lipinski definition) is 2. The Kier molecular flexibility index (Phi) is 6.01. The number of para-hydroxylation sites is 2. The van der Waals surface area contributed by atoms with E-state index in [0.29, 0.717) is 18.0 Å². The summed E-state index contributed by atoms with van der Waals surface area (Å²) in [6, 6.07) is 19.7. The monoisotopic (exact) mass is 375 g/mol. The number of carbonyl (C=O) groups is 2. The van der Waals surface area contributed by atoms with Gasteiger partial charge in [0.1, 0.15) is 17.1 Å². The molecule has 0 saturated carbocycles. The molecule has 1 heterocycles. The molecule has 2 aromatic carbocycles. The Morgan fingerprint density at radius 1 is 0.893 bits per heavy atom. The van der Waals surface area contributed by atoms with Crippen LogP contribution in [-0.2, 0) is 6.54 Å². The van der Waals surface area contributed by atoms with Crippen molar-refractivity contribution in [3.8, 4) is 5.75 Å². The Bertz CT molecular complexity index is 1000. The molecule has 0 aliphatic rings. The van der Waals surface area contributed by atoms with E-state index in [2.05, 4.69) is 15.6 Å². The van der Waals surface area contributed by atoms with Gasteiger partial charge in [0, 0.05) is 17.8 Å². The zero-order valence-electron chi connectivity index (χ0n) is 15.7. The molecule has 0 spiro atoms. The van der Waals surface area contributed by atoms with Gasteiger partial charge in [0.2, 0.25) is 0 Å². The largest absolute Gasteiger partial charge is 0.496 e. The maximum Gasteiger partial charge on any atom is 0.274 e. The van der Waals surface area contributed by atoms with Gasteiger partial charge < -0.3 is 15.4 Å². The molecule has 0 fully saturated rings. The minimum atomic E-state index is -0.367. The summed E-state index contributed by atoms with van der Waals surface area (Å²) in [4.78, 5) is 29.1. The number of nitrogens with zero attached hydrogens (tertiary/aromatic N) is 1. The fraction of sp³-hybridized carbons (Fsp3) is 0.136. The second-order valence-electron chi connectivity index (χ2n) is 6.17. The van der Waals surface area contributed by atoms with E-state index in [-0.39, 0.29) is 23.2 Å². The molecule has 0 aliphatic heterocycles. The molecule has 6 nitrogen and oxygen atoms in total. The number of ether oxygens (including phenoxy) is 1. The summed E-state index contributed by atoms with van der Waals surface area (Å²) in [5.74, 6) is -0.0350. The van der Waals surface area contributed by atoms with E-state index in [9.17, 15) is 9.59 Å². The lowest BCUT2D eigenvalue weighted by Crippen LogP contribution is -2.25. The number of amides is 2. The Balaban J connectivity index is 1.69. The number of aromatic nitrogens is 1. The second kappa shape index (κ2) is 8.81. The van der Waals surface area contributed by atoms with Crippen LogP contribution in [0.1, 0.15) is 32.1 Å². The van der Waals surface area contributed by atoms with Crippen molar-refractivity contribution >= 4 is 17.5 Å². The molecular weight excluding hydrogens is 354 g/mol. The van der Waals surface area contributed by atoms with Crippen molar-refractivity contribution in [1.82, 2.24) is 10.3 Å². The number of carbonyl (C=O) groups excluding carboxylic acids is 2. The Morgan fingerprint density at radius 3 is 2.32 bits per heavy atom. The summed E-state index contributed by atoms with van der Waals surface area (Å²) in [5.41, 5.74) is 2.86. The van der Waals surface area contributed by atoms with Gasteiger partial charge in [0.15, 0.2) is 0 Å². The summed E-state index contributed by atoms with van der Waals surface area (Å²) < 4.78 is 5.28. The van der Waals surface area contributed by atoms with Crippen LogP contribution >= 0.6 is 0 Å². The van der Waals surface area contributed by atoms with Crippen molar-refractivity contribution in [2.45, 2.75) is 13.5 Å². The molecule has 6 heteroatoms. The Morgan fingerprint density at radius 2 is 1.57 bits per heavy atom. The van der Waals surface area contributed by atoms with Crippen molar-refractivity contribution in [2.24, 2.45) is 0 Å². The topological polar surface area (TPSA) is 80.3 Å². The minimum absolute atomic E-state index is 0.173. The van der Waals surface area contributed by atoms with Gasteiger partial charge in [0.25, 0.3) is 11.8 Å². The predicted molar refractivity (Wildman–Crippen MR) is 108 cm³/mol. The first-order valence-corrected chi connectivity index (χ1v) is 8.82. The lowest BCUT2D eigenvalue weighted by Gasteiger charge is -2.10. The summed E-state index contributed by atoms with van der Waals surface area (Å²) in [5, 5.41) is 5.62. The summed E-state index contributed by atoms with van der Waals surface area (Å²) in [7, 11) is 1.58. The average Bonchev–Trinajstić information content (AvgIpc) is 2.74. The summed E-state index contributed by atoms with van der Waals surface area (Å²) >= 11 is 0. The molecule has 1 aromatic heterocycles. The first kappa shape index (κ1) is 19.1.